The quantitative estimate of drug-likeness (QED) is 0.369. The summed E-state index contributed by atoms with van der Waals surface area (Å²) in [5.41, 5.74) is 0. The third-order valence-electron chi connectivity index (χ3n) is 2.88. The molecule has 1 aliphatic rings. The molecule has 0 radical (unpaired) electrons. The van der Waals surface area contributed by atoms with Crippen LogP contribution in [0, 0.1) is 0 Å². The first-order valence-corrected chi connectivity index (χ1v) is 9.33. The normalized spacial score (nSPS) is 26.2. The van der Waals surface area contributed by atoms with E-state index in [0.717, 1.165) is 25.7 Å². The summed E-state index contributed by atoms with van der Waals surface area (Å²) < 4.78 is 21.6. The maximum atomic E-state index is 10.8. The van der Waals surface area contributed by atoms with E-state index < -0.39 is 27.8 Å². The van der Waals surface area contributed by atoms with Crippen molar-refractivity contribution in [1.29, 1.82) is 0 Å². The molecule has 1 rings (SSSR count). The summed E-state index contributed by atoms with van der Waals surface area (Å²) in [4.78, 5) is 35.2. The van der Waals surface area contributed by atoms with E-state index in [9.17, 15) is 9.13 Å². The van der Waals surface area contributed by atoms with Crippen molar-refractivity contribution in [3.05, 3.63) is 0 Å². The van der Waals surface area contributed by atoms with Crippen molar-refractivity contribution < 1.29 is 28.7 Å². The molecule has 0 aliphatic heterocycles. The molecule has 1 fully saturated rings. The zero-order valence-electron chi connectivity index (χ0n) is 9.90. The largest absolute Gasteiger partial charge is 0.339 e. The van der Waals surface area contributed by atoms with Crippen LogP contribution < -0.4 is 10.6 Å². The highest BCUT2D eigenvalue weighted by Gasteiger charge is 2.28. The average molecular weight is 302 g/mol. The average Bonchev–Trinajstić information content (AvgIpc) is 2.22. The first-order valence-electron chi connectivity index (χ1n) is 5.73. The zero-order chi connectivity index (χ0) is 13.8. The fourth-order valence-corrected chi connectivity index (χ4v) is 3.04. The van der Waals surface area contributed by atoms with Crippen molar-refractivity contribution >= 4 is 15.2 Å². The van der Waals surface area contributed by atoms with Crippen LogP contribution in [0.4, 0.5) is 0 Å². The second-order valence-corrected chi connectivity index (χ2v) is 7.84. The maximum absolute atomic E-state index is 10.8. The standard InChI is InChI=1S/C8H20N2O6P2/c11-17(12,13)5-9-7-3-1-2-4-8(7)10-6-18(14,15)16/h7-10H,1-6H2,(H2,11,12,13)(H2,14,15,16)/t7-,8-/m0/s1. The molecule has 0 aromatic carbocycles. The first kappa shape index (κ1) is 16.3. The molecule has 0 aromatic heterocycles. The molecule has 0 bridgehead atoms. The van der Waals surface area contributed by atoms with Crippen LogP contribution in [-0.2, 0) is 9.13 Å². The molecule has 0 unspecified atom stereocenters. The van der Waals surface area contributed by atoms with Gasteiger partial charge in [0.1, 0.15) is 0 Å². The molecule has 0 aromatic rings. The maximum Gasteiger partial charge on any atom is 0.339 e. The predicted octanol–water partition coefficient (Wildman–Crippen LogP) is -0.253. The Labute approximate surface area is 105 Å². The minimum atomic E-state index is -4.10. The van der Waals surface area contributed by atoms with E-state index in [2.05, 4.69) is 10.6 Å². The molecule has 6 N–H and O–H groups in total. The van der Waals surface area contributed by atoms with Crippen LogP contribution in [0.25, 0.3) is 0 Å². The summed E-state index contributed by atoms with van der Waals surface area (Å²) in [6.45, 7) is 0. The van der Waals surface area contributed by atoms with E-state index in [-0.39, 0.29) is 12.1 Å². The fourth-order valence-electron chi connectivity index (χ4n) is 2.09. The van der Waals surface area contributed by atoms with Crippen LogP contribution in [0.2, 0.25) is 0 Å². The molecular formula is C8H20N2O6P2. The molecule has 1 aliphatic carbocycles. The lowest BCUT2D eigenvalue weighted by atomic mass is 9.91. The van der Waals surface area contributed by atoms with Crippen LogP contribution in [0.1, 0.15) is 25.7 Å². The summed E-state index contributed by atoms with van der Waals surface area (Å²) >= 11 is 0. The molecule has 0 spiro atoms. The van der Waals surface area contributed by atoms with Gasteiger partial charge in [-0.25, -0.2) is 0 Å². The zero-order valence-corrected chi connectivity index (χ0v) is 11.7. The molecule has 0 heterocycles. The van der Waals surface area contributed by atoms with Gasteiger partial charge in [-0.3, -0.25) is 9.13 Å². The Hall–Kier alpha value is 0.220. The molecular weight excluding hydrogens is 282 g/mol. The Balaban J connectivity index is 2.47. The summed E-state index contributed by atoms with van der Waals surface area (Å²) in [6, 6.07) is -0.337. The predicted molar refractivity (Wildman–Crippen MR) is 66.1 cm³/mol. The fraction of sp³-hybridized carbons (Fsp3) is 1.00. The van der Waals surface area contributed by atoms with Crippen molar-refractivity contribution in [2.75, 3.05) is 12.6 Å². The highest BCUT2D eigenvalue weighted by Crippen LogP contribution is 2.34. The Morgan fingerprint density at radius 1 is 0.833 bits per heavy atom. The lowest BCUT2D eigenvalue weighted by molar-refractivity contribution is 0.283. The molecule has 10 heteroatoms. The molecule has 0 amide bonds. The number of hydrogen-bond donors (Lipinski definition) is 6. The number of rotatable bonds is 6. The summed E-state index contributed by atoms with van der Waals surface area (Å²) in [7, 11) is -8.21. The molecule has 0 saturated heterocycles. The minimum absolute atomic E-state index is 0.169. The van der Waals surface area contributed by atoms with Gasteiger partial charge in [0.15, 0.2) is 0 Å². The number of hydrogen-bond acceptors (Lipinski definition) is 4. The van der Waals surface area contributed by atoms with Gasteiger partial charge in [-0.1, -0.05) is 12.8 Å². The van der Waals surface area contributed by atoms with Gasteiger partial charge in [-0.2, -0.15) is 0 Å². The second-order valence-electron chi connectivity index (χ2n) is 4.55. The van der Waals surface area contributed by atoms with E-state index in [4.69, 9.17) is 19.6 Å². The molecule has 18 heavy (non-hydrogen) atoms. The molecule has 108 valence electrons. The van der Waals surface area contributed by atoms with Crippen molar-refractivity contribution in [3.8, 4) is 0 Å². The lowest BCUT2D eigenvalue weighted by Gasteiger charge is -2.33. The lowest BCUT2D eigenvalue weighted by Crippen LogP contribution is -2.50. The van der Waals surface area contributed by atoms with Gasteiger partial charge in [-0.05, 0) is 12.8 Å². The van der Waals surface area contributed by atoms with Crippen LogP contribution >= 0.6 is 15.2 Å². The summed E-state index contributed by atoms with van der Waals surface area (Å²) in [6.07, 6.45) is 2.52. The van der Waals surface area contributed by atoms with Crippen LogP contribution in [0.15, 0.2) is 0 Å². The van der Waals surface area contributed by atoms with E-state index in [0.29, 0.717) is 0 Å². The summed E-state index contributed by atoms with van der Waals surface area (Å²) in [5, 5.41) is 5.54. The van der Waals surface area contributed by atoms with E-state index >= 15 is 0 Å². The van der Waals surface area contributed by atoms with Crippen molar-refractivity contribution in [2.24, 2.45) is 0 Å². The Morgan fingerprint density at radius 2 is 1.17 bits per heavy atom. The van der Waals surface area contributed by atoms with Gasteiger partial charge in [0.25, 0.3) is 0 Å². The molecule has 8 nitrogen and oxygen atoms in total. The topological polar surface area (TPSA) is 139 Å². The third kappa shape index (κ3) is 6.97. The minimum Gasteiger partial charge on any atom is -0.324 e. The van der Waals surface area contributed by atoms with E-state index in [1.54, 1.807) is 0 Å². The number of nitrogens with one attached hydrogen (secondary N) is 2. The van der Waals surface area contributed by atoms with Crippen molar-refractivity contribution in [3.63, 3.8) is 0 Å². The van der Waals surface area contributed by atoms with Gasteiger partial charge >= 0.3 is 15.2 Å². The van der Waals surface area contributed by atoms with Crippen LogP contribution in [-0.4, -0.2) is 44.2 Å². The summed E-state index contributed by atoms with van der Waals surface area (Å²) in [5.74, 6) is 0. The van der Waals surface area contributed by atoms with E-state index in [1.165, 1.54) is 0 Å². The van der Waals surface area contributed by atoms with E-state index in [1.807, 2.05) is 0 Å². The van der Waals surface area contributed by atoms with Crippen molar-refractivity contribution in [1.82, 2.24) is 10.6 Å². The highest BCUT2D eigenvalue weighted by molar-refractivity contribution is 7.51. The smallest absolute Gasteiger partial charge is 0.324 e. The monoisotopic (exact) mass is 302 g/mol. The third-order valence-corrected chi connectivity index (χ3v) is 4.07. The second kappa shape index (κ2) is 6.59. The van der Waals surface area contributed by atoms with Crippen molar-refractivity contribution in [2.45, 2.75) is 37.8 Å². The van der Waals surface area contributed by atoms with Gasteiger partial charge in [0, 0.05) is 12.1 Å². The van der Waals surface area contributed by atoms with Gasteiger partial charge in [0.05, 0.1) is 12.6 Å². The van der Waals surface area contributed by atoms with Crippen LogP contribution in [0.3, 0.4) is 0 Å². The van der Waals surface area contributed by atoms with Gasteiger partial charge in [0.2, 0.25) is 0 Å². The SMILES string of the molecule is O=P(O)(O)CN[C@H]1CCCC[C@@H]1NCP(=O)(O)O. The van der Waals surface area contributed by atoms with Crippen LogP contribution in [0.5, 0.6) is 0 Å². The van der Waals surface area contributed by atoms with Gasteiger partial charge in [-0.15, -0.1) is 0 Å². The highest BCUT2D eigenvalue weighted by atomic mass is 31.2. The molecule has 2 atom stereocenters. The Morgan fingerprint density at radius 3 is 1.44 bits per heavy atom. The van der Waals surface area contributed by atoms with Gasteiger partial charge < -0.3 is 30.2 Å². The first-order chi connectivity index (χ1) is 8.17. The Bertz CT molecular complexity index is 319. The Kier molecular flexibility index (Phi) is 5.96. The molecule has 1 saturated carbocycles.